The van der Waals surface area contributed by atoms with Gasteiger partial charge in [-0.3, -0.25) is 14.6 Å². The van der Waals surface area contributed by atoms with Crippen molar-refractivity contribution >= 4 is 28.7 Å². The molecular weight excluding hydrogens is 544 g/mol. The molecule has 0 radical (unpaired) electrons. The molecule has 0 bridgehead atoms. The van der Waals surface area contributed by atoms with Crippen molar-refractivity contribution in [2.75, 3.05) is 5.32 Å². The number of hydrogen-bond acceptors (Lipinski definition) is 5. The molecule has 0 aromatic heterocycles. The molecule has 0 spiro atoms. The third kappa shape index (κ3) is 4.27. The summed E-state index contributed by atoms with van der Waals surface area (Å²) in [5.41, 5.74) is 8.55. The topological polar surface area (TPSA) is 78.8 Å². The summed E-state index contributed by atoms with van der Waals surface area (Å²) in [5.74, 6) is -1.76. The van der Waals surface area contributed by atoms with E-state index < -0.39 is 22.4 Å². The van der Waals surface area contributed by atoms with Gasteiger partial charge in [0.2, 0.25) is 11.6 Å². The molecule has 44 heavy (non-hydrogen) atoms. The minimum Gasteiger partial charge on any atom is -0.506 e. The van der Waals surface area contributed by atoms with E-state index in [2.05, 4.69) is 61.6 Å². The van der Waals surface area contributed by atoms with Crippen LogP contribution in [0.1, 0.15) is 38.8 Å². The molecule has 0 fully saturated rings. The van der Waals surface area contributed by atoms with Crippen molar-refractivity contribution in [3.63, 3.8) is 0 Å². The molecule has 4 aromatic rings. The Labute approximate surface area is 257 Å². The van der Waals surface area contributed by atoms with Crippen LogP contribution in [-0.4, -0.2) is 22.4 Å². The maximum Gasteiger partial charge on any atom is 0.237 e. The monoisotopic (exact) mass is 576 g/mol. The maximum atomic E-state index is 13.3. The number of anilines is 1. The molecule has 0 unspecified atom stereocenters. The summed E-state index contributed by atoms with van der Waals surface area (Å²) in [6.45, 7) is 8.22. The average molecular weight is 577 g/mol. The SMILES string of the molecule is CC1(C)C(/C=C2/C(=O)C(=O)C(/C=C3\Nc4ccc(-c5ccccc5)cc4C3(C)C)=C2O)=Nc2ccc(-c3ccccc3)cc21. The standard InChI is InChI=1S/C39H32N2O3/c1-38(2)29-19-25(23-11-7-5-8-12-23)15-17-31(29)40-33(38)21-27-35(42)28(37(44)36(27)43)22-34-39(3,4)30-20-26(16-18-32(30)41-34)24-13-9-6-10-14-24/h5-22,40,42H,1-4H3/b28-22+,33-21-. The number of aliphatic imine (C=N–C) groups is 1. The summed E-state index contributed by atoms with van der Waals surface area (Å²) in [7, 11) is 0. The zero-order valence-electron chi connectivity index (χ0n) is 25.1. The maximum absolute atomic E-state index is 13.3. The highest BCUT2D eigenvalue weighted by Gasteiger charge is 2.41. The summed E-state index contributed by atoms with van der Waals surface area (Å²) in [6, 6.07) is 32.7. The molecule has 0 atom stereocenters. The van der Waals surface area contributed by atoms with Crippen molar-refractivity contribution in [2.45, 2.75) is 38.5 Å². The predicted octanol–water partition coefficient (Wildman–Crippen LogP) is 8.56. The molecule has 216 valence electrons. The third-order valence-electron chi connectivity index (χ3n) is 9.18. The molecule has 2 aliphatic heterocycles. The number of allylic oxidation sites excluding steroid dienone is 5. The smallest absolute Gasteiger partial charge is 0.237 e. The van der Waals surface area contributed by atoms with Gasteiger partial charge in [0.1, 0.15) is 5.76 Å². The van der Waals surface area contributed by atoms with E-state index in [4.69, 9.17) is 4.99 Å². The summed E-state index contributed by atoms with van der Waals surface area (Å²) in [6.07, 6.45) is 3.21. The van der Waals surface area contributed by atoms with E-state index in [1.807, 2.05) is 68.4 Å². The Morgan fingerprint density at radius 3 is 1.89 bits per heavy atom. The normalized spacial score (nSPS) is 19.8. The first kappa shape index (κ1) is 27.5. The Kier molecular flexibility index (Phi) is 6.19. The third-order valence-corrected chi connectivity index (χ3v) is 9.18. The van der Waals surface area contributed by atoms with Gasteiger partial charge in [0.15, 0.2) is 0 Å². The number of Topliss-reactive ketones (excluding diaryl/α,β-unsaturated/α-hetero) is 2. The zero-order chi connectivity index (χ0) is 30.8. The van der Waals surface area contributed by atoms with Gasteiger partial charge < -0.3 is 10.4 Å². The molecule has 0 saturated carbocycles. The van der Waals surface area contributed by atoms with Gasteiger partial charge in [-0.05, 0) is 69.8 Å². The largest absolute Gasteiger partial charge is 0.506 e. The van der Waals surface area contributed by atoms with Gasteiger partial charge >= 0.3 is 0 Å². The fraction of sp³-hybridized carbons (Fsp3) is 0.154. The van der Waals surface area contributed by atoms with Crippen molar-refractivity contribution in [3.05, 3.63) is 143 Å². The molecule has 2 N–H and O–H groups in total. The van der Waals surface area contributed by atoms with Gasteiger partial charge in [0.05, 0.1) is 22.5 Å². The molecule has 7 rings (SSSR count). The number of aliphatic hydroxyl groups excluding tert-OH is 1. The zero-order valence-corrected chi connectivity index (χ0v) is 25.1. The lowest BCUT2D eigenvalue weighted by molar-refractivity contribution is -0.131. The molecule has 0 saturated heterocycles. The van der Waals surface area contributed by atoms with E-state index >= 15 is 0 Å². The molecule has 0 amide bonds. The second kappa shape index (κ2) is 9.88. The molecule has 3 aliphatic rings. The van der Waals surface area contributed by atoms with Gasteiger partial charge in [-0.1, -0.05) is 100 Å². The van der Waals surface area contributed by atoms with Crippen LogP contribution in [0.5, 0.6) is 0 Å². The van der Waals surface area contributed by atoms with Crippen molar-refractivity contribution in [2.24, 2.45) is 4.99 Å². The number of rotatable bonds is 4. The van der Waals surface area contributed by atoms with Crippen LogP contribution in [-0.2, 0) is 20.4 Å². The van der Waals surface area contributed by atoms with Gasteiger partial charge in [-0.2, -0.15) is 0 Å². The molecule has 5 nitrogen and oxygen atoms in total. The van der Waals surface area contributed by atoms with E-state index in [-0.39, 0.29) is 16.9 Å². The second-order valence-electron chi connectivity index (χ2n) is 12.6. The lowest BCUT2D eigenvalue weighted by Crippen LogP contribution is -2.25. The summed E-state index contributed by atoms with van der Waals surface area (Å²) < 4.78 is 0. The first-order chi connectivity index (χ1) is 21.1. The Balaban J connectivity index is 1.22. The molecule has 5 heteroatoms. The van der Waals surface area contributed by atoms with Gasteiger partial charge in [0.25, 0.3) is 0 Å². The predicted molar refractivity (Wildman–Crippen MR) is 176 cm³/mol. The molecule has 2 heterocycles. The van der Waals surface area contributed by atoms with Crippen molar-refractivity contribution in [1.29, 1.82) is 0 Å². The first-order valence-corrected chi connectivity index (χ1v) is 14.8. The number of nitrogens with zero attached hydrogens (tertiary/aromatic N) is 1. The highest BCUT2D eigenvalue weighted by Crippen LogP contribution is 2.46. The molecule has 1 aliphatic carbocycles. The van der Waals surface area contributed by atoms with Crippen LogP contribution in [0, 0.1) is 0 Å². The Morgan fingerprint density at radius 2 is 1.25 bits per heavy atom. The lowest BCUT2D eigenvalue weighted by Gasteiger charge is -2.21. The number of aliphatic hydroxyl groups is 1. The number of hydrogen-bond donors (Lipinski definition) is 2. The van der Waals surface area contributed by atoms with Crippen LogP contribution >= 0.6 is 0 Å². The van der Waals surface area contributed by atoms with Crippen molar-refractivity contribution < 1.29 is 14.7 Å². The number of carbonyl (C=O) groups excluding carboxylic acids is 2. The number of ketones is 2. The number of carbonyl (C=O) groups is 2. The van der Waals surface area contributed by atoms with Crippen LogP contribution in [0.2, 0.25) is 0 Å². The van der Waals surface area contributed by atoms with E-state index in [1.54, 1.807) is 12.2 Å². The van der Waals surface area contributed by atoms with Crippen LogP contribution in [0.25, 0.3) is 22.3 Å². The highest BCUT2D eigenvalue weighted by molar-refractivity contribution is 6.54. The van der Waals surface area contributed by atoms with Gasteiger partial charge in [0, 0.05) is 22.2 Å². The van der Waals surface area contributed by atoms with Crippen LogP contribution < -0.4 is 5.32 Å². The fourth-order valence-electron chi connectivity index (χ4n) is 6.36. The molecule has 4 aromatic carbocycles. The van der Waals surface area contributed by atoms with Crippen molar-refractivity contribution in [1.82, 2.24) is 0 Å². The lowest BCUT2D eigenvalue weighted by atomic mass is 9.80. The second-order valence-corrected chi connectivity index (χ2v) is 12.6. The summed E-state index contributed by atoms with van der Waals surface area (Å²) in [5, 5.41) is 14.7. The van der Waals surface area contributed by atoms with Gasteiger partial charge in [-0.25, -0.2) is 0 Å². The summed E-state index contributed by atoms with van der Waals surface area (Å²) >= 11 is 0. The van der Waals surface area contributed by atoms with Gasteiger partial charge in [-0.15, -0.1) is 0 Å². The first-order valence-electron chi connectivity index (χ1n) is 14.8. The highest BCUT2D eigenvalue weighted by atomic mass is 16.3. The van der Waals surface area contributed by atoms with Crippen LogP contribution in [0.3, 0.4) is 0 Å². The minimum atomic E-state index is -0.728. The number of fused-ring (bicyclic) bond motifs is 2. The fourth-order valence-corrected chi connectivity index (χ4v) is 6.36. The minimum absolute atomic E-state index is 0.00630. The van der Waals surface area contributed by atoms with E-state index in [1.165, 1.54) is 0 Å². The quantitative estimate of drug-likeness (QED) is 0.188. The van der Waals surface area contributed by atoms with Crippen LogP contribution in [0.15, 0.2) is 137 Å². The van der Waals surface area contributed by atoms with E-state index in [9.17, 15) is 14.7 Å². The van der Waals surface area contributed by atoms with Crippen LogP contribution in [0.4, 0.5) is 11.4 Å². The average Bonchev–Trinajstić information content (AvgIpc) is 3.52. The van der Waals surface area contributed by atoms with Crippen molar-refractivity contribution in [3.8, 4) is 22.3 Å². The summed E-state index contributed by atoms with van der Waals surface area (Å²) in [4.78, 5) is 31.4. The number of benzene rings is 4. The Bertz CT molecular complexity index is 2010. The Hall–Kier alpha value is -5.29. The number of nitrogens with one attached hydrogen (secondary N) is 1. The molecular formula is C39H32N2O3. The van der Waals surface area contributed by atoms with E-state index in [0.717, 1.165) is 50.5 Å². The van der Waals surface area contributed by atoms with E-state index in [0.29, 0.717) is 5.71 Å². The Morgan fingerprint density at radius 1 is 0.659 bits per heavy atom.